The zero-order valence-corrected chi connectivity index (χ0v) is 13.3. The first-order valence-electron chi connectivity index (χ1n) is 6.09. The Hall–Kier alpha value is -2.09. The molecule has 6 heteroatoms. The second-order valence-corrected chi connectivity index (χ2v) is 5.71. The first kappa shape index (κ1) is 15.3. The maximum absolute atomic E-state index is 12.3. The Morgan fingerprint density at radius 3 is 2.57 bits per heavy atom. The molecule has 0 aliphatic rings. The average Bonchev–Trinajstić information content (AvgIpc) is 2.43. The average molecular weight is 396 g/mol. The Morgan fingerprint density at radius 1 is 1.19 bits per heavy atom. The van der Waals surface area contributed by atoms with Gasteiger partial charge in [-0.2, -0.15) is 0 Å². The van der Waals surface area contributed by atoms with Crippen LogP contribution in [0.1, 0.15) is 26.3 Å². The zero-order valence-electron chi connectivity index (χ0n) is 11.2. The van der Waals surface area contributed by atoms with Gasteiger partial charge in [-0.3, -0.25) is 4.79 Å². The number of aromatic carboxylic acids is 1. The van der Waals surface area contributed by atoms with E-state index in [9.17, 15) is 14.7 Å². The standard InChI is InChI=1S/C15H13IN2O3/c1-8-10(3-2-4-12(8)17)14(19)18-13-6-5-9(16)7-11(13)15(20)21/h2-7H,17H2,1H3,(H,18,19)(H,20,21). The Balaban J connectivity index is 2.36. The topological polar surface area (TPSA) is 92.4 Å². The van der Waals surface area contributed by atoms with Crippen LogP contribution in [0.4, 0.5) is 11.4 Å². The number of benzene rings is 2. The molecule has 5 nitrogen and oxygen atoms in total. The van der Waals surface area contributed by atoms with Crippen LogP contribution in [0.5, 0.6) is 0 Å². The number of carboxylic acids is 1. The lowest BCUT2D eigenvalue weighted by Gasteiger charge is -2.11. The van der Waals surface area contributed by atoms with Crippen molar-refractivity contribution in [2.75, 3.05) is 11.1 Å². The van der Waals surface area contributed by atoms with Gasteiger partial charge in [0.2, 0.25) is 0 Å². The van der Waals surface area contributed by atoms with Gasteiger partial charge in [-0.15, -0.1) is 0 Å². The van der Waals surface area contributed by atoms with Crippen LogP contribution in [0.3, 0.4) is 0 Å². The number of rotatable bonds is 3. The first-order chi connectivity index (χ1) is 9.90. The largest absolute Gasteiger partial charge is 0.478 e. The number of hydrogen-bond acceptors (Lipinski definition) is 3. The Labute approximate surface area is 135 Å². The van der Waals surface area contributed by atoms with E-state index in [1.807, 2.05) is 22.6 Å². The third-order valence-electron chi connectivity index (χ3n) is 3.08. The molecule has 0 unspecified atom stereocenters. The molecule has 0 aliphatic heterocycles. The van der Waals surface area contributed by atoms with Gasteiger partial charge in [-0.25, -0.2) is 4.79 Å². The molecule has 0 bridgehead atoms. The lowest BCUT2D eigenvalue weighted by molar-refractivity contribution is 0.0698. The van der Waals surface area contributed by atoms with Crippen LogP contribution in [-0.4, -0.2) is 17.0 Å². The van der Waals surface area contributed by atoms with Gasteiger partial charge in [0.25, 0.3) is 5.91 Å². The molecule has 2 rings (SSSR count). The van der Waals surface area contributed by atoms with Crippen LogP contribution in [0.2, 0.25) is 0 Å². The van der Waals surface area contributed by atoms with Gasteiger partial charge in [-0.05, 0) is 65.4 Å². The summed E-state index contributed by atoms with van der Waals surface area (Å²) in [7, 11) is 0. The number of carbonyl (C=O) groups excluding carboxylic acids is 1. The number of amides is 1. The predicted molar refractivity (Wildman–Crippen MR) is 89.7 cm³/mol. The highest BCUT2D eigenvalue weighted by Gasteiger charge is 2.15. The number of carboxylic acid groups (broad SMARTS) is 1. The van der Waals surface area contributed by atoms with E-state index in [0.717, 1.165) is 3.57 Å². The highest BCUT2D eigenvalue weighted by molar-refractivity contribution is 14.1. The highest BCUT2D eigenvalue weighted by Crippen LogP contribution is 2.21. The van der Waals surface area contributed by atoms with Gasteiger partial charge in [0.05, 0.1) is 11.3 Å². The van der Waals surface area contributed by atoms with E-state index in [0.29, 0.717) is 16.8 Å². The summed E-state index contributed by atoms with van der Waals surface area (Å²) in [5.41, 5.74) is 7.69. The summed E-state index contributed by atoms with van der Waals surface area (Å²) >= 11 is 2.02. The van der Waals surface area contributed by atoms with Gasteiger partial charge in [0, 0.05) is 14.8 Å². The number of anilines is 2. The van der Waals surface area contributed by atoms with Gasteiger partial charge in [-0.1, -0.05) is 6.07 Å². The minimum absolute atomic E-state index is 0.0526. The summed E-state index contributed by atoms with van der Waals surface area (Å²) in [6, 6.07) is 9.85. The molecule has 0 radical (unpaired) electrons. The molecule has 4 N–H and O–H groups in total. The Bertz CT molecular complexity index is 729. The van der Waals surface area contributed by atoms with Crippen molar-refractivity contribution in [3.8, 4) is 0 Å². The van der Waals surface area contributed by atoms with Gasteiger partial charge < -0.3 is 16.2 Å². The maximum Gasteiger partial charge on any atom is 0.337 e. The summed E-state index contributed by atoms with van der Waals surface area (Å²) in [5, 5.41) is 11.8. The number of nitrogen functional groups attached to an aromatic ring is 1. The van der Waals surface area contributed by atoms with E-state index in [2.05, 4.69) is 5.32 Å². The van der Waals surface area contributed by atoms with E-state index in [-0.39, 0.29) is 17.2 Å². The third kappa shape index (κ3) is 3.33. The lowest BCUT2D eigenvalue weighted by atomic mass is 10.1. The molecule has 21 heavy (non-hydrogen) atoms. The van der Waals surface area contributed by atoms with Crippen molar-refractivity contribution in [2.45, 2.75) is 6.92 Å². The molecular weight excluding hydrogens is 383 g/mol. The molecule has 0 aromatic heterocycles. The Kier molecular flexibility index (Phi) is 4.46. The van der Waals surface area contributed by atoms with Gasteiger partial charge >= 0.3 is 5.97 Å². The van der Waals surface area contributed by atoms with Crippen LogP contribution in [0.25, 0.3) is 0 Å². The number of nitrogens with one attached hydrogen (secondary N) is 1. The summed E-state index contributed by atoms with van der Waals surface area (Å²) < 4.78 is 0.781. The van der Waals surface area contributed by atoms with Crippen molar-refractivity contribution >= 4 is 45.8 Å². The van der Waals surface area contributed by atoms with Crippen LogP contribution in [0, 0.1) is 10.5 Å². The lowest BCUT2D eigenvalue weighted by Crippen LogP contribution is -2.16. The van der Waals surface area contributed by atoms with E-state index < -0.39 is 5.97 Å². The quantitative estimate of drug-likeness (QED) is 0.549. The summed E-state index contributed by atoms with van der Waals surface area (Å²) in [4.78, 5) is 23.5. The monoisotopic (exact) mass is 396 g/mol. The summed E-state index contributed by atoms with van der Waals surface area (Å²) in [6.45, 7) is 1.75. The highest BCUT2D eigenvalue weighted by atomic mass is 127. The molecule has 0 spiro atoms. The number of nitrogens with two attached hydrogens (primary N) is 1. The minimum Gasteiger partial charge on any atom is -0.478 e. The molecule has 0 atom stereocenters. The van der Waals surface area contributed by atoms with Crippen molar-refractivity contribution in [2.24, 2.45) is 0 Å². The number of carbonyl (C=O) groups is 2. The smallest absolute Gasteiger partial charge is 0.337 e. The van der Waals surface area contributed by atoms with Crippen molar-refractivity contribution < 1.29 is 14.7 Å². The van der Waals surface area contributed by atoms with Gasteiger partial charge in [0.1, 0.15) is 0 Å². The third-order valence-corrected chi connectivity index (χ3v) is 3.75. The molecule has 1 amide bonds. The summed E-state index contributed by atoms with van der Waals surface area (Å²) in [6.07, 6.45) is 0. The fraction of sp³-hybridized carbons (Fsp3) is 0.0667. The number of hydrogen-bond donors (Lipinski definition) is 3. The minimum atomic E-state index is -1.09. The first-order valence-corrected chi connectivity index (χ1v) is 7.17. The summed E-state index contributed by atoms with van der Waals surface area (Å²) in [5.74, 6) is -1.48. The van der Waals surface area contributed by atoms with Crippen molar-refractivity contribution in [3.05, 3.63) is 56.7 Å². The zero-order chi connectivity index (χ0) is 15.6. The van der Waals surface area contributed by atoms with Crippen molar-refractivity contribution in [1.29, 1.82) is 0 Å². The SMILES string of the molecule is Cc1c(N)cccc1C(=O)Nc1ccc(I)cc1C(=O)O. The number of halogens is 1. The van der Waals surface area contributed by atoms with Crippen molar-refractivity contribution in [3.63, 3.8) is 0 Å². The second kappa shape index (κ2) is 6.13. The fourth-order valence-electron chi connectivity index (χ4n) is 1.89. The van der Waals surface area contributed by atoms with E-state index in [1.54, 1.807) is 37.3 Å². The fourth-order valence-corrected chi connectivity index (χ4v) is 2.38. The molecule has 2 aromatic rings. The van der Waals surface area contributed by atoms with Gasteiger partial charge in [0.15, 0.2) is 0 Å². The molecule has 2 aromatic carbocycles. The van der Waals surface area contributed by atoms with E-state index in [4.69, 9.17) is 5.73 Å². The predicted octanol–water partition coefficient (Wildman–Crippen LogP) is 3.13. The molecular formula is C15H13IN2O3. The van der Waals surface area contributed by atoms with E-state index >= 15 is 0 Å². The van der Waals surface area contributed by atoms with Crippen LogP contribution in [-0.2, 0) is 0 Å². The normalized spacial score (nSPS) is 10.2. The van der Waals surface area contributed by atoms with Crippen LogP contribution in [0.15, 0.2) is 36.4 Å². The molecule has 108 valence electrons. The van der Waals surface area contributed by atoms with E-state index in [1.165, 1.54) is 6.07 Å². The molecule has 0 heterocycles. The van der Waals surface area contributed by atoms with Crippen LogP contribution >= 0.6 is 22.6 Å². The molecule has 0 aliphatic carbocycles. The molecule has 0 saturated heterocycles. The van der Waals surface area contributed by atoms with Crippen molar-refractivity contribution in [1.82, 2.24) is 0 Å². The molecule has 0 fully saturated rings. The van der Waals surface area contributed by atoms with Crippen LogP contribution < -0.4 is 11.1 Å². The Morgan fingerprint density at radius 2 is 1.90 bits per heavy atom. The second-order valence-electron chi connectivity index (χ2n) is 4.47. The maximum atomic E-state index is 12.3. The molecule has 0 saturated carbocycles.